The largest absolute Gasteiger partial charge is 0.354 e. The van der Waals surface area contributed by atoms with Crippen LogP contribution in [0.25, 0.3) is 11.3 Å². The summed E-state index contributed by atoms with van der Waals surface area (Å²) in [6, 6.07) is 12.9. The summed E-state index contributed by atoms with van der Waals surface area (Å²) in [6.45, 7) is 0.700. The van der Waals surface area contributed by atoms with E-state index in [4.69, 9.17) is 0 Å². The van der Waals surface area contributed by atoms with Gasteiger partial charge in [0.2, 0.25) is 5.91 Å². The molecule has 7 heteroatoms. The van der Waals surface area contributed by atoms with Crippen LogP contribution in [-0.2, 0) is 30.6 Å². The lowest BCUT2D eigenvalue weighted by Gasteiger charge is -2.11. The van der Waals surface area contributed by atoms with Crippen molar-refractivity contribution in [1.29, 1.82) is 0 Å². The Morgan fingerprint density at radius 2 is 1.93 bits per heavy atom. The summed E-state index contributed by atoms with van der Waals surface area (Å²) in [4.78, 5) is 24.3. The quantitative estimate of drug-likeness (QED) is 0.646. The maximum absolute atomic E-state index is 12.2. The number of H-pyrrole nitrogens is 1. The van der Waals surface area contributed by atoms with Gasteiger partial charge in [-0.2, -0.15) is 10.2 Å². The van der Waals surface area contributed by atoms with Crippen molar-refractivity contribution in [2.45, 2.75) is 45.1 Å². The van der Waals surface area contributed by atoms with E-state index in [-0.39, 0.29) is 11.5 Å². The van der Waals surface area contributed by atoms with Crippen molar-refractivity contribution < 1.29 is 4.79 Å². The summed E-state index contributed by atoms with van der Waals surface area (Å²) in [7, 11) is 0. The van der Waals surface area contributed by atoms with Crippen LogP contribution in [0.4, 0.5) is 0 Å². The first kappa shape index (κ1) is 19.1. The van der Waals surface area contributed by atoms with Gasteiger partial charge in [0.15, 0.2) is 0 Å². The first-order chi connectivity index (χ1) is 14.2. The third-order valence-corrected chi connectivity index (χ3v) is 5.31. The molecule has 0 bridgehead atoms. The van der Waals surface area contributed by atoms with Crippen molar-refractivity contribution in [2.24, 2.45) is 0 Å². The van der Waals surface area contributed by atoms with Crippen LogP contribution in [0, 0.1) is 0 Å². The highest BCUT2D eigenvalue weighted by Gasteiger charge is 2.17. The molecule has 0 atom stereocenters. The van der Waals surface area contributed by atoms with Gasteiger partial charge < -0.3 is 5.32 Å². The Labute approximate surface area is 169 Å². The summed E-state index contributed by atoms with van der Waals surface area (Å²) < 4.78 is 1.40. The molecule has 2 N–H and O–H groups in total. The number of aryl methyl sites for hydroxylation is 2. The minimum atomic E-state index is -0.179. The predicted molar refractivity (Wildman–Crippen MR) is 110 cm³/mol. The highest BCUT2D eigenvalue weighted by atomic mass is 16.1. The van der Waals surface area contributed by atoms with E-state index in [9.17, 15) is 9.59 Å². The Hall–Kier alpha value is -3.22. The third-order valence-electron chi connectivity index (χ3n) is 5.31. The van der Waals surface area contributed by atoms with Gasteiger partial charge in [-0.05, 0) is 37.3 Å². The fourth-order valence-corrected chi connectivity index (χ4v) is 3.75. The topological polar surface area (TPSA) is 92.7 Å². The zero-order valence-corrected chi connectivity index (χ0v) is 16.4. The van der Waals surface area contributed by atoms with E-state index >= 15 is 0 Å². The first-order valence-electron chi connectivity index (χ1n) is 10.2. The molecule has 1 aromatic carbocycles. The highest BCUT2D eigenvalue weighted by Crippen LogP contribution is 2.22. The van der Waals surface area contributed by atoms with Crippen LogP contribution < -0.4 is 10.9 Å². The van der Waals surface area contributed by atoms with E-state index in [1.54, 1.807) is 6.07 Å². The van der Waals surface area contributed by atoms with Gasteiger partial charge >= 0.3 is 0 Å². The van der Waals surface area contributed by atoms with Gasteiger partial charge in [0.1, 0.15) is 0 Å². The van der Waals surface area contributed by atoms with E-state index in [2.05, 4.69) is 20.6 Å². The van der Waals surface area contributed by atoms with E-state index in [0.29, 0.717) is 25.9 Å². The maximum atomic E-state index is 12.2. The SMILES string of the molecule is O=C(CCc1n[nH]c2c1CCCC2)NCCn1nc(-c2ccccc2)ccc1=O. The normalized spacial score (nSPS) is 13.1. The van der Waals surface area contributed by atoms with Gasteiger partial charge in [-0.25, -0.2) is 4.68 Å². The fraction of sp³-hybridized carbons (Fsp3) is 0.364. The van der Waals surface area contributed by atoms with Crippen LogP contribution in [0.2, 0.25) is 0 Å². The van der Waals surface area contributed by atoms with E-state index in [1.165, 1.54) is 34.8 Å². The lowest BCUT2D eigenvalue weighted by Crippen LogP contribution is -2.32. The molecule has 0 saturated heterocycles. The van der Waals surface area contributed by atoms with E-state index in [0.717, 1.165) is 29.8 Å². The van der Waals surface area contributed by atoms with Gasteiger partial charge in [-0.3, -0.25) is 14.7 Å². The molecule has 0 spiro atoms. The predicted octanol–water partition coefficient (Wildman–Crippen LogP) is 2.26. The molecule has 0 radical (unpaired) electrons. The van der Waals surface area contributed by atoms with Crippen LogP contribution >= 0.6 is 0 Å². The van der Waals surface area contributed by atoms with Crippen LogP contribution in [-0.4, -0.2) is 32.4 Å². The summed E-state index contributed by atoms with van der Waals surface area (Å²) in [5.74, 6) is -0.0372. The highest BCUT2D eigenvalue weighted by molar-refractivity contribution is 5.76. The summed E-state index contributed by atoms with van der Waals surface area (Å²) in [6.07, 6.45) is 5.53. The number of fused-ring (bicyclic) bond motifs is 1. The monoisotopic (exact) mass is 391 g/mol. The lowest BCUT2D eigenvalue weighted by molar-refractivity contribution is -0.121. The zero-order valence-electron chi connectivity index (χ0n) is 16.4. The Balaban J connectivity index is 1.29. The standard InChI is InChI=1S/C22H25N5O2/c28-21(12-10-20-17-8-4-5-9-19(17)24-25-20)23-14-15-27-22(29)13-11-18(26-27)16-6-2-1-3-7-16/h1-3,6-7,11,13H,4-5,8-10,12,14-15H2,(H,23,28)(H,24,25). The number of amides is 1. The summed E-state index contributed by atoms with van der Waals surface area (Å²) in [5.41, 5.74) is 5.06. The number of benzene rings is 1. The lowest BCUT2D eigenvalue weighted by atomic mass is 9.95. The third kappa shape index (κ3) is 4.62. The molecule has 1 aliphatic carbocycles. The van der Waals surface area contributed by atoms with Gasteiger partial charge in [0.25, 0.3) is 5.56 Å². The molecule has 4 rings (SSSR count). The molecule has 0 fully saturated rings. The second kappa shape index (κ2) is 8.86. The zero-order chi connectivity index (χ0) is 20.1. The smallest absolute Gasteiger partial charge is 0.266 e. The van der Waals surface area contributed by atoms with Gasteiger partial charge in [0, 0.05) is 36.7 Å². The molecule has 0 unspecified atom stereocenters. The average Bonchev–Trinajstić information content (AvgIpc) is 3.17. The van der Waals surface area contributed by atoms with Gasteiger partial charge in [-0.15, -0.1) is 0 Å². The number of hydrogen-bond acceptors (Lipinski definition) is 4. The molecule has 150 valence electrons. The Morgan fingerprint density at radius 1 is 1.10 bits per heavy atom. The van der Waals surface area contributed by atoms with E-state index in [1.807, 2.05) is 30.3 Å². The van der Waals surface area contributed by atoms with Crippen LogP contribution in [0.1, 0.15) is 36.2 Å². The summed E-state index contributed by atoms with van der Waals surface area (Å²) >= 11 is 0. The molecule has 7 nitrogen and oxygen atoms in total. The average molecular weight is 391 g/mol. The minimum Gasteiger partial charge on any atom is -0.354 e. The number of aromatic nitrogens is 4. The molecule has 29 heavy (non-hydrogen) atoms. The van der Waals surface area contributed by atoms with Gasteiger partial charge in [-0.1, -0.05) is 30.3 Å². The molecule has 1 aliphatic rings. The maximum Gasteiger partial charge on any atom is 0.266 e. The van der Waals surface area contributed by atoms with Crippen molar-refractivity contribution in [3.8, 4) is 11.3 Å². The number of nitrogens with zero attached hydrogens (tertiary/aromatic N) is 3. The van der Waals surface area contributed by atoms with Crippen molar-refractivity contribution in [2.75, 3.05) is 6.54 Å². The Bertz CT molecular complexity index is 1040. The van der Waals surface area contributed by atoms with E-state index < -0.39 is 0 Å². The van der Waals surface area contributed by atoms with Crippen molar-refractivity contribution in [3.05, 3.63) is 69.8 Å². The van der Waals surface area contributed by atoms with Crippen molar-refractivity contribution >= 4 is 5.91 Å². The second-order valence-electron chi connectivity index (χ2n) is 7.33. The summed E-state index contributed by atoms with van der Waals surface area (Å²) in [5, 5.41) is 14.8. The number of rotatable bonds is 7. The molecule has 2 aromatic heterocycles. The van der Waals surface area contributed by atoms with Gasteiger partial charge in [0.05, 0.1) is 17.9 Å². The molecular formula is C22H25N5O2. The molecule has 3 aromatic rings. The van der Waals surface area contributed by atoms with Crippen molar-refractivity contribution in [3.63, 3.8) is 0 Å². The molecule has 0 aliphatic heterocycles. The molecule has 0 saturated carbocycles. The molecular weight excluding hydrogens is 366 g/mol. The number of nitrogens with one attached hydrogen (secondary N) is 2. The number of aromatic amines is 1. The Morgan fingerprint density at radius 3 is 2.79 bits per heavy atom. The first-order valence-corrected chi connectivity index (χ1v) is 10.2. The van der Waals surface area contributed by atoms with Crippen LogP contribution in [0.15, 0.2) is 47.3 Å². The molecule has 2 heterocycles. The molecule has 1 amide bonds. The van der Waals surface area contributed by atoms with Crippen LogP contribution in [0.3, 0.4) is 0 Å². The number of carbonyl (C=O) groups is 1. The fourth-order valence-electron chi connectivity index (χ4n) is 3.75. The second-order valence-corrected chi connectivity index (χ2v) is 7.33. The number of hydrogen-bond donors (Lipinski definition) is 2. The number of carbonyl (C=O) groups excluding carboxylic acids is 1. The Kier molecular flexibility index (Phi) is 5.84. The van der Waals surface area contributed by atoms with Crippen molar-refractivity contribution in [1.82, 2.24) is 25.3 Å². The minimum absolute atomic E-state index is 0.0372. The van der Waals surface area contributed by atoms with Crippen LogP contribution in [0.5, 0.6) is 0 Å².